The molecule has 0 bridgehead atoms. The molecule has 0 aliphatic carbocycles. The fraction of sp³-hybridized carbons (Fsp3) is 0.429. The van der Waals surface area contributed by atoms with E-state index in [2.05, 4.69) is 4.65 Å². The molecule has 0 spiro atoms. The van der Waals surface area contributed by atoms with Crippen molar-refractivity contribution in [3.63, 3.8) is 0 Å². The van der Waals surface area contributed by atoms with E-state index in [9.17, 15) is 0 Å². The van der Waals surface area contributed by atoms with Gasteiger partial charge >= 0.3 is 7.32 Å². The van der Waals surface area contributed by atoms with Gasteiger partial charge in [-0.1, -0.05) is 0 Å². The van der Waals surface area contributed by atoms with Crippen LogP contribution in [0.25, 0.3) is 0 Å². The van der Waals surface area contributed by atoms with Crippen LogP contribution >= 0.6 is 11.3 Å². The topological polar surface area (TPSA) is 52.9 Å². The highest BCUT2D eigenvalue weighted by Crippen LogP contribution is 2.25. The van der Waals surface area contributed by atoms with Crippen molar-refractivity contribution in [1.29, 1.82) is 0 Å². The van der Waals surface area contributed by atoms with Gasteiger partial charge in [0.2, 0.25) is 0 Å². The molecule has 0 fully saturated rings. The predicted molar refractivity (Wildman–Crippen MR) is 52.5 cm³/mol. The van der Waals surface area contributed by atoms with Crippen molar-refractivity contribution in [2.75, 3.05) is 14.1 Å². The van der Waals surface area contributed by atoms with Crippen molar-refractivity contribution in [2.24, 2.45) is 0 Å². The summed E-state index contributed by atoms with van der Waals surface area (Å²) in [4.78, 5) is 3.16. The molecule has 1 aromatic heterocycles. The highest BCUT2D eigenvalue weighted by atomic mass is 32.1. The van der Waals surface area contributed by atoms with Crippen LogP contribution in [0.4, 0.5) is 0 Å². The average Bonchev–Trinajstić information content (AvgIpc) is 2.33. The van der Waals surface area contributed by atoms with Crippen molar-refractivity contribution in [1.82, 2.24) is 4.90 Å². The maximum absolute atomic E-state index is 8.53. The number of hydrogen-bond acceptors (Lipinski definition) is 5. The first-order valence-electron chi connectivity index (χ1n) is 3.84. The van der Waals surface area contributed by atoms with Crippen molar-refractivity contribution in [3.8, 4) is 5.06 Å². The monoisotopic (exact) mass is 201 g/mol. The minimum atomic E-state index is -1.73. The van der Waals surface area contributed by atoms with Crippen LogP contribution in [0.2, 0.25) is 0 Å². The summed E-state index contributed by atoms with van der Waals surface area (Å²) in [6, 6.07) is 3.63. The zero-order valence-electron chi connectivity index (χ0n) is 7.60. The van der Waals surface area contributed by atoms with Crippen LogP contribution in [0.3, 0.4) is 0 Å². The first kappa shape index (κ1) is 10.5. The summed E-state index contributed by atoms with van der Waals surface area (Å²) in [7, 11) is 2.22. The van der Waals surface area contributed by atoms with Crippen LogP contribution in [0.5, 0.6) is 5.06 Å². The molecule has 0 radical (unpaired) electrons. The van der Waals surface area contributed by atoms with Crippen LogP contribution in [0, 0.1) is 0 Å². The van der Waals surface area contributed by atoms with Crippen LogP contribution in [-0.4, -0.2) is 36.4 Å². The third-order valence-electron chi connectivity index (χ3n) is 1.33. The Morgan fingerprint density at radius 3 is 2.69 bits per heavy atom. The summed E-state index contributed by atoms with van der Waals surface area (Å²) < 4.78 is 4.69. The van der Waals surface area contributed by atoms with Crippen molar-refractivity contribution in [2.45, 2.75) is 6.54 Å². The third-order valence-corrected chi connectivity index (χ3v) is 2.29. The largest absolute Gasteiger partial charge is 0.708 e. The first-order valence-corrected chi connectivity index (χ1v) is 4.66. The van der Waals surface area contributed by atoms with E-state index < -0.39 is 7.32 Å². The Balaban J connectivity index is 2.53. The lowest BCUT2D eigenvalue weighted by Crippen LogP contribution is -2.19. The molecule has 0 saturated carbocycles. The van der Waals surface area contributed by atoms with Crippen LogP contribution < -0.4 is 4.65 Å². The summed E-state index contributed by atoms with van der Waals surface area (Å²) in [5.41, 5.74) is 0. The summed E-state index contributed by atoms with van der Waals surface area (Å²) in [6.45, 7) is 0.829. The molecule has 4 nitrogen and oxygen atoms in total. The summed E-state index contributed by atoms with van der Waals surface area (Å²) in [5.74, 6) is 0. The Labute approximate surface area is 81.6 Å². The summed E-state index contributed by atoms with van der Waals surface area (Å²) in [5, 5.41) is 17.6. The van der Waals surface area contributed by atoms with Gasteiger partial charge in [-0.15, -0.1) is 11.3 Å². The lowest BCUT2D eigenvalue weighted by Gasteiger charge is -2.06. The number of nitrogens with zero attached hydrogens (tertiary/aromatic N) is 1. The number of thiophene rings is 1. The van der Waals surface area contributed by atoms with Crippen LogP contribution in [0.1, 0.15) is 4.88 Å². The van der Waals surface area contributed by atoms with Gasteiger partial charge in [-0.05, 0) is 26.2 Å². The Hall–Kier alpha value is -0.555. The molecule has 72 valence electrons. The van der Waals surface area contributed by atoms with E-state index in [1.165, 1.54) is 11.3 Å². The molecule has 1 heterocycles. The standard InChI is InChI=1S/C7H12BNO3S/c1-9(2)5-6-3-4-7(13-6)12-8(10)11/h3-4,10-11H,5H2,1-2H3. The normalized spacial score (nSPS) is 10.5. The van der Waals surface area contributed by atoms with Gasteiger partial charge in [0.1, 0.15) is 0 Å². The molecular weight excluding hydrogens is 189 g/mol. The Morgan fingerprint density at radius 1 is 1.46 bits per heavy atom. The minimum Gasteiger partial charge on any atom is -0.504 e. The molecule has 0 saturated heterocycles. The second-order valence-corrected chi connectivity index (χ2v) is 4.03. The van der Waals surface area contributed by atoms with E-state index in [4.69, 9.17) is 10.0 Å². The Bertz CT molecular complexity index is 239. The van der Waals surface area contributed by atoms with E-state index in [0.717, 1.165) is 11.4 Å². The zero-order chi connectivity index (χ0) is 9.84. The van der Waals surface area contributed by atoms with E-state index in [-0.39, 0.29) is 0 Å². The smallest absolute Gasteiger partial charge is 0.504 e. The minimum absolute atomic E-state index is 0.520. The van der Waals surface area contributed by atoms with Gasteiger partial charge < -0.3 is 19.6 Å². The van der Waals surface area contributed by atoms with Crippen LogP contribution in [-0.2, 0) is 6.54 Å². The van der Waals surface area contributed by atoms with Gasteiger partial charge in [0.25, 0.3) is 0 Å². The molecule has 0 atom stereocenters. The predicted octanol–water partition coefficient (Wildman–Crippen LogP) is 0.158. The van der Waals surface area contributed by atoms with Gasteiger partial charge in [0, 0.05) is 11.4 Å². The number of rotatable bonds is 4. The molecular formula is C7H12BNO3S. The fourth-order valence-corrected chi connectivity index (χ4v) is 1.91. The first-order chi connectivity index (χ1) is 6.08. The van der Waals surface area contributed by atoms with Crippen molar-refractivity contribution < 1.29 is 14.7 Å². The van der Waals surface area contributed by atoms with E-state index >= 15 is 0 Å². The van der Waals surface area contributed by atoms with Gasteiger partial charge in [0.05, 0.1) is 0 Å². The van der Waals surface area contributed by atoms with Crippen molar-refractivity contribution >= 4 is 18.7 Å². The maximum atomic E-state index is 8.53. The Morgan fingerprint density at radius 2 is 2.15 bits per heavy atom. The molecule has 13 heavy (non-hydrogen) atoms. The molecule has 0 amide bonds. The lowest BCUT2D eigenvalue weighted by molar-refractivity contribution is 0.292. The summed E-state index contributed by atoms with van der Waals surface area (Å²) >= 11 is 1.41. The van der Waals surface area contributed by atoms with Gasteiger partial charge in [0.15, 0.2) is 5.06 Å². The molecule has 6 heteroatoms. The molecule has 0 aromatic carbocycles. The number of hydrogen-bond donors (Lipinski definition) is 2. The molecule has 0 aliphatic heterocycles. The fourth-order valence-electron chi connectivity index (χ4n) is 0.922. The van der Waals surface area contributed by atoms with Gasteiger partial charge in [-0.3, -0.25) is 0 Å². The average molecular weight is 201 g/mol. The highest BCUT2D eigenvalue weighted by Gasteiger charge is 2.12. The molecule has 2 N–H and O–H groups in total. The van der Waals surface area contributed by atoms with Crippen molar-refractivity contribution in [3.05, 3.63) is 17.0 Å². The second-order valence-electron chi connectivity index (χ2n) is 2.90. The molecule has 1 rings (SSSR count). The second kappa shape index (κ2) is 4.62. The maximum Gasteiger partial charge on any atom is 0.708 e. The van der Waals surface area contributed by atoms with E-state index in [1.54, 1.807) is 6.07 Å². The van der Waals surface area contributed by atoms with E-state index in [0.29, 0.717) is 5.06 Å². The molecule has 0 unspecified atom stereocenters. The van der Waals surface area contributed by atoms with E-state index in [1.807, 2.05) is 25.1 Å². The zero-order valence-corrected chi connectivity index (χ0v) is 8.41. The third kappa shape index (κ3) is 3.78. The van der Waals surface area contributed by atoms with Gasteiger partial charge in [-0.25, -0.2) is 0 Å². The highest BCUT2D eigenvalue weighted by molar-refractivity contribution is 7.14. The quantitative estimate of drug-likeness (QED) is 0.681. The summed E-state index contributed by atoms with van der Waals surface area (Å²) in [6.07, 6.45) is 0. The molecule has 0 aliphatic rings. The molecule has 1 aromatic rings. The van der Waals surface area contributed by atoms with Crippen LogP contribution in [0.15, 0.2) is 12.1 Å². The Kier molecular flexibility index (Phi) is 3.74. The SMILES string of the molecule is CN(C)Cc1ccc(OB(O)O)s1. The van der Waals surface area contributed by atoms with Gasteiger partial charge in [-0.2, -0.15) is 0 Å². The lowest BCUT2D eigenvalue weighted by atomic mass is 10.3.